The summed E-state index contributed by atoms with van der Waals surface area (Å²) in [6.07, 6.45) is 5.03. The van der Waals surface area contributed by atoms with E-state index in [9.17, 15) is 4.79 Å². The summed E-state index contributed by atoms with van der Waals surface area (Å²) in [6, 6.07) is 8.60. The molecule has 0 saturated carbocycles. The van der Waals surface area contributed by atoms with Crippen LogP contribution >= 0.6 is 23.2 Å². The number of halogens is 2. The van der Waals surface area contributed by atoms with Crippen LogP contribution in [0.2, 0.25) is 10.0 Å². The molecule has 0 atom stereocenters. The molecule has 0 amide bonds. The maximum atomic E-state index is 12.5. The number of hydrogen-bond donors (Lipinski definition) is 0. The molecule has 0 aliphatic rings. The van der Waals surface area contributed by atoms with Crippen molar-refractivity contribution in [3.63, 3.8) is 0 Å². The highest BCUT2D eigenvalue weighted by Gasteiger charge is 2.17. The van der Waals surface area contributed by atoms with Crippen LogP contribution in [0.4, 0.5) is 0 Å². The van der Waals surface area contributed by atoms with E-state index in [1.807, 2.05) is 6.07 Å². The summed E-state index contributed by atoms with van der Waals surface area (Å²) in [4.78, 5) is 16.6. The number of pyridine rings is 1. The van der Waals surface area contributed by atoms with E-state index in [1.54, 1.807) is 42.9 Å². The molecule has 3 nitrogen and oxygen atoms in total. The molecule has 0 radical (unpaired) electrons. The van der Waals surface area contributed by atoms with Gasteiger partial charge in [0.15, 0.2) is 0 Å². The lowest BCUT2D eigenvalue weighted by atomic mass is 10.2. The average Bonchev–Trinajstić information content (AvgIpc) is 2.82. The molecule has 19 heavy (non-hydrogen) atoms. The summed E-state index contributed by atoms with van der Waals surface area (Å²) in [5.74, 6) is -0.253. The third-order valence-corrected chi connectivity index (χ3v) is 3.52. The fraction of sp³-hybridized carbons (Fsp3) is 0. The molecule has 0 bridgehead atoms. The molecule has 0 N–H and O–H groups in total. The maximum absolute atomic E-state index is 12.5. The van der Waals surface area contributed by atoms with Crippen LogP contribution in [0.25, 0.3) is 10.9 Å². The Labute approximate surface area is 119 Å². The summed E-state index contributed by atoms with van der Waals surface area (Å²) in [6.45, 7) is 0. The zero-order chi connectivity index (χ0) is 13.4. The van der Waals surface area contributed by atoms with Crippen molar-refractivity contribution in [3.05, 3.63) is 64.5 Å². The third kappa shape index (κ3) is 2.01. The fourth-order valence-corrected chi connectivity index (χ4v) is 2.54. The van der Waals surface area contributed by atoms with E-state index in [4.69, 9.17) is 23.2 Å². The fourth-order valence-electron chi connectivity index (χ4n) is 1.98. The zero-order valence-corrected chi connectivity index (χ0v) is 11.2. The topological polar surface area (TPSA) is 34.9 Å². The van der Waals surface area contributed by atoms with E-state index in [0.717, 1.165) is 10.9 Å². The molecular formula is C14H8Cl2N2O. The quantitative estimate of drug-likeness (QED) is 0.678. The first-order valence-corrected chi connectivity index (χ1v) is 6.34. The van der Waals surface area contributed by atoms with Crippen LogP contribution in [0.5, 0.6) is 0 Å². The maximum Gasteiger partial charge on any atom is 0.265 e. The lowest BCUT2D eigenvalue weighted by Crippen LogP contribution is -2.11. The molecule has 0 fully saturated rings. The normalized spacial score (nSPS) is 10.8. The molecule has 5 heteroatoms. The van der Waals surface area contributed by atoms with Crippen LogP contribution in [0.3, 0.4) is 0 Å². The van der Waals surface area contributed by atoms with E-state index in [2.05, 4.69) is 4.98 Å². The first-order valence-electron chi connectivity index (χ1n) is 5.58. The van der Waals surface area contributed by atoms with Crippen molar-refractivity contribution in [2.45, 2.75) is 0 Å². The monoisotopic (exact) mass is 290 g/mol. The Kier molecular flexibility index (Phi) is 3.01. The predicted molar refractivity (Wildman–Crippen MR) is 75.9 cm³/mol. The van der Waals surface area contributed by atoms with Crippen molar-refractivity contribution in [1.29, 1.82) is 0 Å². The number of benzene rings is 1. The first kappa shape index (κ1) is 12.2. The molecule has 0 spiro atoms. The van der Waals surface area contributed by atoms with Crippen LogP contribution in [0.1, 0.15) is 10.4 Å². The molecule has 0 saturated heterocycles. The van der Waals surface area contributed by atoms with Gasteiger partial charge in [0, 0.05) is 24.0 Å². The van der Waals surface area contributed by atoms with Gasteiger partial charge in [-0.05, 0) is 24.3 Å². The highest BCUT2D eigenvalue weighted by molar-refractivity contribution is 6.39. The Balaban J connectivity index is 2.20. The van der Waals surface area contributed by atoms with E-state index < -0.39 is 0 Å². The number of carbonyl (C=O) groups excluding carboxylic acids is 1. The Morgan fingerprint density at radius 1 is 1.11 bits per heavy atom. The summed E-state index contributed by atoms with van der Waals surface area (Å²) in [5.41, 5.74) is 1.08. The molecule has 0 aliphatic carbocycles. The molecule has 3 aromatic rings. The second-order valence-electron chi connectivity index (χ2n) is 4.02. The number of aromatic nitrogens is 2. The Bertz CT molecular complexity index is 760. The van der Waals surface area contributed by atoms with Gasteiger partial charge in [-0.25, -0.2) is 0 Å². The third-order valence-electron chi connectivity index (χ3n) is 2.89. The van der Waals surface area contributed by atoms with E-state index in [-0.39, 0.29) is 5.91 Å². The van der Waals surface area contributed by atoms with Crippen molar-refractivity contribution in [2.24, 2.45) is 0 Å². The van der Waals surface area contributed by atoms with Gasteiger partial charge in [0.25, 0.3) is 5.91 Å². The van der Waals surface area contributed by atoms with E-state index in [0.29, 0.717) is 15.6 Å². The molecule has 3 rings (SSSR count). The van der Waals surface area contributed by atoms with Gasteiger partial charge in [-0.2, -0.15) is 0 Å². The summed E-state index contributed by atoms with van der Waals surface area (Å²) < 4.78 is 1.52. The van der Waals surface area contributed by atoms with Gasteiger partial charge in [0.1, 0.15) is 0 Å². The molecule has 2 aromatic heterocycles. The largest absolute Gasteiger partial charge is 0.283 e. The second kappa shape index (κ2) is 4.68. The van der Waals surface area contributed by atoms with Gasteiger partial charge >= 0.3 is 0 Å². The van der Waals surface area contributed by atoms with Crippen molar-refractivity contribution < 1.29 is 4.79 Å². The number of hydrogen-bond acceptors (Lipinski definition) is 2. The van der Waals surface area contributed by atoms with Crippen molar-refractivity contribution >= 4 is 40.0 Å². The van der Waals surface area contributed by atoms with Crippen LogP contribution in [-0.2, 0) is 0 Å². The number of fused-ring (bicyclic) bond motifs is 1. The van der Waals surface area contributed by atoms with Crippen LogP contribution in [0.15, 0.2) is 48.9 Å². The molecule has 0 unspecified atom stereocenters. The smallest absolute Gasteiger partial charge is 0.265 e. The zero-order valence-electron chi connectivity index (χ0n) is 9.68. The van der Waals surface area contributed by atoms with Gasteiger partial charge in [0.2, 0.25) is 0 Å². The summed E-state index contributed by atoms with van der Waals surface area (Å²) in [5, 5.41) is 1.57. The lowest BCUT2D eigenvalue weighted by molar-refractivity contribution is 0.0965. The molecule has 0 aliphatic heterocycles. The van der Waals surface area contributed by atoms with Crippen molar-refractivity contribution in [2.75, 3.05) is 0 Å². The van der Waals surface area contributed by atoms with Crippen molar-refractivity contribution in [1.82, 2.24) is 9.55 Å². The molecule has 2 heterocycles. The minimum Gasteiger partial charge on any atom is -0.283 e. The minimum absolute atomic E-state index is 0.253. The van der Waals surface area contributed by atoms with E-state index >= 15 is 0 Å². The molecule has 1 aromatic carbocycles. The van der Waals surface area contributed by atoms with E-state index in [1.165, 1.54) is 4.57 Å². The van der Waals surface area contributed by atoms with Crippen LogP contribution < -0.4 is 0 Å². The summed E-state index contributed by atoms with van der Waals surface area (Å²) >= 11 is 12.1. The second-order valence-corrected chi connectivity index (χ2v) is 4.84. The predicted octanol–water partition coefficient (Wildman–Crippen LogP) is 4.03. The number of carbonyl (C=O) groups is 1. The number of nitrogens with zero attached hydrogens (tertiary/aromatic N) is 2. The van der Waals surface area contributed by atoms with Gasteiger partial charge in [0.05, 0.1) is 21.1 Å². The standard InChI is InChI=1S/C14H8Cl2N2O/c15-10-2-1-3-11(16)13(10)14(19)18-7-5-9-8-17-6-4-12(9)18/h1-8H. The van der Waals surface area contributed by atoms with Crippen LogP contribution in [-0.4, -0.2) is 15.5 Å². The molecular weight excluding hydrogens is 283 g/mol. The Hall–Kier alpha value is -1.84. The van der Waals surface area contributed by atoms with Gasteiger partial charge in [-0.15, -0.1) is 0 Å². The minimum atomic E-state index is -0.253. The highest BCUT2D eigenvalue weighted by atomic mass is 35.5. The summed E-state index contributed by atoms with van der Waals surface area (Å²) in [7, 11) is 0. The van der Waals surface area contributed by atoms with Gasteiger partial charge < -0.3 is 0 Å². The highest BCUT2D eigenvalue weighted by Crippen LogP contribution is 2.26. The van der Waals surface area contributed by atoms with Crippen LogP contribution in [0, 0.1) is 0 Å². The Morgan fingerprint density at radius 3 is 2.58 bits per heavy atom. The van der Waals surface area contributed by atoms with Gasteiger partial charge in [-0.1, -0.05) is 29.3 Å². The average molecular weight is 291 g/mol. The Morgan fingerprint density at radius 2 is 1.84 bits per heavy atom. The first-order chi connectivity index (χ1) is 9.18. The molecule has 94 valence electrons. The SMILES string of the molecule is O=C(c1c(Cl)cccc1Cl)n1ccc2cnccc21. The van der Waals surface area contributed by atoms with Gasteiger partial charge in [-0.3, -0.25) is 14.3 Å². The lowest BCUT2D eigenvalue weighted by Gasteiger charge is -2.07. The van der Waals surface area contributed by atoms with Crippen molar-refractivity contribution in [3.8, 4) is 0 Å². The number of rotatable bonds is 1.